The van der Waals surface area contributed by atoms with E-state index in [0.29, 0.717) is 19.3 Å². The summed E-state index contributed by atoms with van der Waals surface area (Å²) in [7, 11) is -11.3. The highest BCUT2D eigenvalue weighted by Crippen LogP contribution is 2.60. The standard InChI is InChI=1S/C50H83N3O18P2/c1-3-5-7-8-9-10-11-12-13-14-15-16-17-18-23-27-45(57)66-34-38-35-67-72(62,63)71-73(64,65)68-36-43-48(60)47(59)39(30-29-37(54)25-21-6-4-2)41(55)33-42(56)40(26-22-19-20-24-28-46(58)69-38)49(70-43)53-32-31-44(51)52-50(53)61/h9-10,12-13,19,22,29-32,37-43,47-49,54-56,59-60H,3-8,11,14-18,20-21,23-28,33-36H2,1-2H3,(H,62,63)(H,64,65)(H2,51,52,61)/b10-9-,13-12-,22-19?,30-29-/t37-,38+,39-,40-,41+,42-,43+,47-,48+,49+/m0/s1. The van der Waals surface area contributed by atoms with Gasteiger partial charge in [-0.3, -0.25) is 23.2 Å². The molecule has 1 saturated heterocycles. The molecule has 3 rings (SSSR count). The Labute approximate surface area is 429 Å². The number of nitrogens with zero attached hydrogens (tertiary/aromatic N) is 2. The number of allylic oxidation sites excluding steroid dienone is 6. The second-order valence-corrected chi connectivity index (χ2v) is 21.7. The van der Waals surface area contributed by atoms with E-state index in [1.54, 1.807) is 12.2 Å². The van der Waals surface area contributed by atoms with Crippen LogP contribution < -0.4 is 11.4 Å². The molecule has 0 radical (unpaired) electrons. The first-order valence-corrected chi connectivity index (χ1v) is 28.9. The number of hydrogen-bond acceptors (Lipinski definition) is 18. The van der Waals surface area contributed by atoms with E-state index >= 15 is 0 Å². The Morgan fingerprint density at radius 1 is 0.877 bits per heavy atom. The first-order chi connectivity index (χ1) is 34.9. The average Bonchev–Trinajstić information content (AvgIpc) is 3.33. The maximum absolute atomic E-state index is 13.3. The molecule has 1 aromatic heterocycles. The number of phosphoric acid groups is 2. The van der Waals surface area contributed by atoms with Crippen LogP contribution in [-0.4, -0.2) is 119 Å². The fraction of sp³-hybridized carbons (Fsp3) is 0.720. The molecule has 2 aliphatic heterocycles. The fourth-order valence-electron chi connectivity index (χ4n) is 8.26. The van der Waals surface area contributed by atoms with Crippen LogP contribution in [0.25, 0.3) is 0 Å². The van der Waals surface area contributed by atoms with E-state index < -0.39 is 120 Å². The molecule has 3 heterocycles. The fourth-order valence-corrected chi connectivity index (χ4v) is 10.4. The number of nitrogen functional groups attached to an aromatic ring is 1. The number of hydrogen-bond donors (Lipinski definition) is 8. The lowest BCUT2D eigenvalue weighted by atomic mass is 9.82. The van der Waals surface area contributed by atoms with E-state index in [9.17, 15) is 58.8 Å². The summed E-state index contributed by atoms with van der Waals surface area (Å²) < 4.78 is 58.9. The van der Waals surface area contributed by atoms with Crippen LogP contribution in [0.15, 0.2) is 65.7 Å². The first kappa shape index (κ1) is 63.9. The number of cyclic esters (lactones) is 1. The summed E-state index contributed by atoms with van der Waals surface area (Å²) in [5.74, 6) is -4.16. The van der Waals surface area contributed by atoms with Gasteiger partial charge in [-0.1, -0.05) is 114 Å². The van der Waals surface area contributed by atoms with Gasteiger partial charge in [-0.05, 0) is 70.3 Å². The Bertz CT molecular complexity index is 2040. The molecule has 73 heavy (non-hydrogen) atoms. The van der Waals surface area contributed by atoms with Gasteiger partial charge in [-0.15, -0.1) is 0 Å². The van der Waals surface area contributed by atoms with Gasteiger partial charge in [0, 0.05) is 37.3 Å². The molecule has 416 valence electrons. The van der Waals surface area contributed by atoms with Crippen molar-refractivity contribution in [3.05, 3.63) is 71.4 Å². The number of anilines is 1. The lowest BCUT2D eigenvalue weighted by molar-refractivity contribution is -0.194. The summed E-state index contributed by atoms with van der Waals surface area (Å²) in [5, 5.41) is 57.4. The Balaban J connectivity index is 1.78. The molecule has 9 N–H and O–H groups in total. The highest BCUT2D eigenvalue weighted by molar-refractivity contribution is 7.61. The molecule has 23 heteroatoms. The third-order valence-electron chi connectivity index (χ3n) is 12.4. The van der Waals surface area contributed by atoms with Crippen LogP contribution in [-0.2, 0) is 46.3 Å². The molecule has 2 aliphatic rings. The molecule has 0 spiro atoms. The highest BCUT2D eigenvalue weighted by Gasteiger charge is 2.45. The minimum atomic E-state index is -5.71. The van der Waals surface area contributed by atoms with Gasteiger partial charge < -0.3 is 55.3 Å². The maximum atomic E-state index is 13.3. The topological polar surface area (TPSA) is 326 Å². The molecule has 1 aromatic rings. The number of carbonyl (C=O) groups excluding carboxylic acids is 2. The molecule has 12 atom stereocenters. The quantitative estimate of drug-likeness (QED) is 0.0238. The second kappa shape index (κ2) is 35.0. The van der Waals surface area contributed by atoms with E-state index in [-0.39, 0.29) is 37.9 Å². The van der Waals surface area contributed by atoms with Gasteiger partial charge in [0.1, 0.15) is 30.9 Å². The Morgan fingerprint density at radius 3 is 2.23 bits per heavy atom. The van der Waals surface area contributed by atoms with Gasteiger partial charge in [0.15, 0.2) is 6.10 Å². The van der Waals surface area contributed by atoms with Crippen LogP contribution in [0.1, 0.15) is 155 Å². The van der Waals surface area contributed by atoms with Crippen molar-refractivity contribution in [3.8, 4) is 0 Å². The average molecular weight is 1080 g/mol. The van der Waals surface area contributed by atoms with E-state index in [1.807, 2.05) is 6.92 Å². The molecule has 1 fully saturated rings. The third kappa shape index (κ3) is 25.8. The molecule has 2 unspecified atom stereocenters. The zero-order valence-corrected chi connectivity index (χ0v) is 44.3. The summed E-state index contributed by atoms with van der Waals surface area (Å²) in [6, 6.07) is 1.24. The minimum Gasteiger partial charge on any atom is -0.462 e. The van der Waals surface area contributed by atoms with Crippen LogP contribution in [0.3, 0.4) is 0 Å². The van der Waals surface area contributed by atoms with Crippen LogP contribution in [0.4, 0.5) is 5.82 Å². The summed E-state index contributed by atoms with van der Waals surface area (Å²) in [6.07, 6.45) is 16.2. The number of fused-ring (bicyclic) bond motifs is 3. The monoisotopic (exact) mass is 1080 g/mol. The minimum absolute atomic E-state index is 0.0633. The Kier molecular flexibility index (Phi) is 30.7. The number of aliphatic hydroxyl groups is 5. The predicted molar refractivity (Wildman–Crippen MR) is 272 cm³/mol. The molecule has 0 aliphatic carbocycles. The zero-order chi connectivity index (χ0) is 53.7. The van der Waals surface area contributed by atoms with E-state index in [2.05, 4.69) is 40.5 Å². The number of aliphatic hydroxyl groups excluding tert-OH is 5. The second-order valence-electron chi connectivity index (χ2n) is 18.6. The van der Waals surface area contributed by atoms with Gasteiger partial charge in [0.2, 0.25) is 0 Å². The number of ether oxygens (including phenoxy) is 3. The van der Waals surface area contributed by atoms with Crippen molar-refractivity contribution in [1.29, 1.82) is 0 Å². The van der Waals surface area contributed by atoms with Gasteiger partial charge in [-0.2, -0.15) is 9.29 Å². The highest BCUT2D eigenvalue weighted by atomic mass is 31.3. The van der Waals surface area contributed by atoms with Gasteiger partial charge in [0.25, 0.3) is 0 Å². The Hall–Kier alpha value is -3.40. The van der Waals surface area contributed by atoms with Crippen molar-refractivity contribution < 1.29 is 81.6 Å². The van der Waals surface area contributed by atoms with Gasteiger partial charge in [-0.25, -0.2) is 13.9 Å². The summed E-state index contributed by atoms with van der Waals surface area (Å²) >= 11 is 0. The lowest BCUT2D eigenvalue weighted by Gasteiger charge is -2.40. The van der Waals surface area contributed by atoms with Crippen molar-refractivity contribution in [2.45, 2.75) is 198 Å². The number of aromatic nitrogens is 2. The molecular weight excluding hydrogens is 993 g/mol. The van der Waals surface area contributed by atoms with Crippen molar-refractivity contribution in [3.63, 3.8) is 0 Å². The van der Waals surface area contributed by atoms with Crippen molar-refractivity contribution >= 4 is 33.4 Å². The summed E-state index contributed by atoms with van der Waals surface area (Å²) in [4.78, 5) is 64.1. The predicted octanol–water partition coefficient (Wildman–Crippen LogP) is 6.94. The molecule has 21 nitrogen and oxygen atoms in total. The third-order valence-corrected chi connectivity index (χ3v) is 15.0. The van der Waals surface area contributed by atoms with E-state index in [1.165, 1.54) is 43.7 Å². The van der Waals surface area contributed by atoms with Crippen LogP contribution in [0.5, 0.6) is 0 Å². The lowest BCUT2D eigenvalue weighted by Crippen LogP contribution is -2.52. The number of unbranched alkanes of at least 4 members (excludes halogenated alkanes) is 10. The number of esters is 2. The molecule has 2 bridgehead atoms. The summed E-state index contributed by atoms with van der Waals surface area (Å²) in [6.45, 7) is 1.46. The SMILES string of the molecule is CCCCC/C=C\C/C=C\CCCCCCCC(=O)OC[C@@H]1COP(=O)(O)OP(=O)(O)OC[C@H]2O[C@@H](n3ccc(N)nc3=O)[C@@H](CC=CCCCC(=O)O1)[C@@H](O)C[C@@H](O)[C@H](/C=C\[C@@H](O)CCCCC)[C@H](O)[C@@H]2O. The van der Waals surface area contributed by atoms with Crippen molar-refractivity contribution in [2.24, 2.45) is 11.8 Å². The normalized spacial score (nSPS) is 30.2. The van der Waals surface area contributed by atoms with Crippen molar-refractivity contribution in [2.75, 3.05) is 25.6 Å². The number of nitrogens with two attached hydrogens (primary N) is 1. The maximum Gasteiger partial charge on any atom is 0.481 e. The zero-order valence-electron chi connectivity index (χ0n) is 42.5. The van der Waals surface area contributed by atoms with Crippen LogP contribution >= 0.6 is 15.6 Å². The number of phosphoric ester groups is 2. The number of rotatable bonds is 23. The largest absolute Gasteiger partial charge is 0.481 e. The first-order valence-electron chi connectivity index (χ1n) is 25.9. The van der Waals surface area contributed by atoms with E-state index in [0.717, 1.165) is 62.4 Å². The number of carbonyl (C=O) groups is 2. The summed E-state index contributed by atoms with van der Waals surface area (Å²) in [5.41, 5.74) is 4.77. The van der Waals surface area contributed by atoms with Crippen molar-refractivity contribution in [1.82, 2.24) is 9.55 Å². The van der Waals surface area contributed by atoms with Crippen LogP contribution in [0, 0.1) is 11.8 Å². The smallest absolute Gasteiger partial charge is 0.462 e. The Morgan fingerprint density at radius 2 is 1.53 bits per heavy atom. The van der Waals surface area contributed by atoms with Gasteiger partial charge in [0.05, 0.1) is 37.6 Å². The van der Waals surface area contributed by atoms with E-state index in [4.69, 9.17) is 29.0 Å². The molecule has 0 saturated carbocycles. The molecule has 0 aromatic carbocycles. The van der Waals surface area contributed by atoms with Crippen LogP contribution in [0.2, 0.25) is 0 Å². The van der Waals surface area contributed by atoms with Gasteiger partial charge >= 0.3 is 33.3 Å². The molecule has 0 amide bonds. The molecular formula is C50H83N3O18P2.